The zero-order chi connectivity index (χ0) is 21.5. The monoisotopic (exact) mass is 419 g/mol. The number of pyridine rings is 1. The van der Waals surface area contributed by atoms with Crippen LogP contribution >= 0.6 is 0 Å². The summed E-state index contributed by atoms with van der Waals surface area (Å²) < 4.78 is 19.4. The molecule has 7 nitrogen and oxygen atoms in total. The van der Waals surface area contributed by atoms with Gasteiger partial charge in [-0.3, -0.25) is 0 Å². The predicted octanol–water partition coefficient (Wildman–Crippen LogP) is 3.99. The number of methoxy groups -OCH3 is 1. The zero-order valence-corrected chi connectivity index (χ0v) is 17.1. The van der Waals surface area contributed by atoms with Gasteiger partial charge in [-0.25, -0.2) is 19.5 Å². The van der Waals surface area contributed by atoms with Crippen LogP contribution in [-0.4, -0.2) is 41.1 Å². The summed E-state index contributed by atoms with van der Waals surface area (Å²) >= 11 is 0. The van der Waals surface area contributed by atoms with Crippen molar-refractivity contribution >= 4 is 17.1 Å². The lowest BCUT2D eigenvalue weighted by Gasteiger charge is -2.17. The van der Waals surface area contributed by atoms with Gasteiger partial charge in [0.1, 0.15) is 17.2 Å². The molecule has 0 radical (unpaired) electrons. The molecule has 2 fully saturated rings. The van der Waals surface area contributed by atoms with Crippen molar-refractivity contribution in [3.05, 3.63) is 48.0 Å². The Balaban J connectivity index is 1.42. The zero-order valence-electron chi connectivity index (χ0n) is 17.1. The van der Waals surface area contributed by atoms with Crippen LogP contribution in [0.4, 0.5) is 9.18 Å². The average Bonchev–Trinajstić information content (AvgIpc) is 3.46. The molecule has 1 saturated heterocycles. The van der Waals surface area contributed by atoms with E-state index in [-0.39, 0.29) is 11.8 Å². The summed E-state index contributed by atoms with van der Waals surface area (Å²) in [5.41, 5.74) is 3.46. The third-order valence-electron chi connectivity index (χ3n) is 6.65. The van der Waals surface area contributed by atoms with Gasteiger partial charge < -0.3 is 14.6 Å². The Bertz CT molecular complexity index is 1190. The summed E-state index contributed by atoms with van der Waals surface area (Å²) in [5.74, 6) is 1.51. The molecule has 3 atom stereocenters. The number of nitriles is 1. The smallest absolute Gasteiger partial charge is 0.330 e. The lowest BCUT2D eigenvalue weighted by Crippen LogP contribution is -2.36. The standard InChI is InChI=1S/C23H22FN5O2/c1-31-21-3-2-16(24)8-18(21)17-4-5-26-22-19(17)9-20(28-22)13-6-14-10-29(11-15(14)7-13)23(30)27-12-25/h2-5,8-9,13-15H,6-7,10-11H2,1H3,(H,26,28)(H,27,30)/t13-,14-,15+. The number of rotatable bonds is 3. The van der Waals surface area contributed by atoms with Gasteiger partial charge in [-0.2, -0.15) is 5.26 Å². The van der Waals surface area contributed by atoms with Crippen LogP contribution in [0.3, 0.4) is 0 Å². The van der Waals surface area contributed by atoms with E-state index in [1.807, 2.05) is 6.07 Å². The van der Waals surface area contributed by atoms with Crippen LogP contribution in [0.25, 0.3) is 22.2 Å². The number of H-pyrrole nitrogens is 1. The fraction of sp³-hybridized carbons (Fsp3) is 0.348. The van der Waals surface area contributed by atoms with Crippen molar-refractivity contribution in [2.45, 2.75) is 18.8 Å². The van der Waals surface area contributed by atoms with E-state index >= 15 is 0 Å². The summed E-state index contributed by atoms with van der Waals surface area (Å²) in [6.45, 7) is 1.36. The van der Waals surface area contributed by atoms with Crippen molar-refractivity contribution < 1.29 is 13.9 Å². The predicted molar refractivity (Wildman–Crippen MR) is 113 cm³/mol. The van der Waals surface area contributed by atoms with E-state index in [0.717, 1.165) is 35.1 Å². The minimum Gasteiger partial charge on any atom is -0.496 e. The maximum absolute atomic E-state index is 14.0. The van der Waals surface area contributed by atoms with Crippen molar-refractivity contribution in [3.63, 3.8) is 0 Å². The van der Waals surface area contributed by atoms with Gasteiger partial charge in [0.25, 0.3) is 0 Å². The van der Waals surface area contributed by atoms with E-state index in [1.54, 1.807) is 30.5 Å². The number of halogens is 1. The average molecular weight is 419 g/mol. The number of amides is 2. The molecule has 3 aromatic rings. The van der Waals surface area contributed by atoms with Crippen molar-refractivity contribution in [1.82, 2.24) is 20.2 Å². The molecule has 158 valence electrons. The lowest BCUT2D eigenvalue weighted by atomic mass is 9.99. The highest BCUT2D eigenvalue weighted by molar-refractivity contribution is 5.95. The van der Waals surface area contributed by atoms with Crippen molar-refractivity contribution in [2.75, 3.05) is 20.2 Å². The Morgan fingerprint density at radius 3 is 2.74 bits per heavy atom. The quantitative estimate of drug-likeness (QED) is 0.496. The SMILES string of the molecule is COc1ccc(F)cc1-c1ccnc2[nH]c([C@@H]3C[C@@H]4CN(C(=O)NC#N)C[C@@H]4C3)cc12. The maximum Gasteiger partial charge on any atom is 0.330 e. The number of benzene rings is 1. The van der Waals surface area contributed by atoms with Crippen LogP contribution in [0.5, 0.6) is 5.75 Å². The third kappa shape index (κ3) is 3.36. The maximum atomic E-state index is 14.0. The Hall–Kier alpha value is -3.60. The first-order valence-electron chi connectivity index (χ1n) is 10.3. The van der Waals surface area contributed by atoms with Gasteiger partial charge in [-0.1, -0.05) is 0 Å². The number of likely N-dealkylation sites (tertiary alicyclic amines) is 1. The van der Waals surface area contributed by atoms with Gasteiger partial charge in [0.05, 0.1) is 7.11 Å². The molecule has 8 heteroatoms. The molecule has 0 bridgehead atoms. The molecule has 2 aromatic heterocycles. The summed E-state index contributed by atoms with van der Waals surface area (Å²) in [5, 5.41) is 11.8. The molecular weight excluding hydrogens is 397 g/mol. The molecule has 1 aliphatic carbocycles. The van der Waals surface area contributed by atoms with Crippen LogP contribution in [0.1, 0.15) is 24.5 Å². The second-order valence-electron chi connectivity index (χ2n) is 8.33. The van der Waals surface area contributed by atoms with E-state index in [2.05, 4.69) is 21.4 Å². The molecule has 1 aliphatic heterocycles. The van der Waals surface area contributed by atoms with Gasteiger partial charge in [-0.05, 0) is 66.5 Å². The highest BCUT2D eigenvalue weighted by Gasteiger charge is 2.43. The molecule has 0 unspecified atom stereocenters. The summed E-state index contributed by atoms with van der Waals surface area (Å²) in [4.78, 5) is 21.6. The number of aromatic amines is 1. The summed E-state index contributed by atoms with van der Waals surface area (Å²) in [6, 6.07) is 8.20. The Labute approximate surface area is 178 Å². The fourth-order valence-electron chi connectivity index (χ4n) is 5.24. The molecule has 1 aromatic carbocycles. The van der Waals surface area contributed by atoms with E-state index < -0.39 is 0 Å². The first-order chi connectivity index (χ1) is 15.1. The number of fused-ring (bicyclic) bond motifs is 2. The first-order valence-corrected chi connectivity index (χ1v) is 10.3. The van der Waals surface area contributed by atoms with Crippen LogP contribution in [-0.2, 0) is 0 Å². The number of urea groups is 1. The van der Waals surface area contributed by atoms with E-state index in [4.69, 9.17) is 10.00 Å². The van der Waals surface area contributed by atoms with E-state index in [9.17, 15) is 9.18 Å². The van der Waals surface area contributed by atoms with Gasteiger partial charge in [0.15, 0.2) is 6.19 Å². The Morgan fingerprint density at radius 2 is 2.03 bits per heavy atom. The molecule has 2 aliphatic rings. The van der Waals surface area contributed by atoms with Gasteiger partial charge in [0, 0.05) is 35.9 Å². The number of nitrogens with zero attached hydrogens (tertiary/aromatic N) is 3. The minimum atomic E-state index is -0.315. The Kier molecular flexibility index (Phi) is 4.74. The number of carbonyl (C=O) groups is 1. The third-order valence-corrected chi connectivity index (χ3v) is 6.65. The number of hydrogen-bond donors (Lipinski definition) is 2. The van der Waals surface area contributed by atoms with Gasteiger partial charge in [-0.15, -0.1) is 0 Å². The molecule has 1 saturated carbocycles. The van der Waals surface area contributed by atoms with Crippen LogP contribution < -0.4 is 10.1 Å². The molecular formula is C23H22FN5O2. The van der Waals surface area contributed by atoms with Crippen LogP contribution in [0, 0.1) is 29.1 Å². The van der Waals surface area contributed by atoms with Gasteiger partial charge in [0.2, 0.25) is 0 Å². The number of carbonyl (C=O) groups excluding carboxylic acids is 1. The molecule has 3 heterocycles. The van der Waals surface area contributed by atoms with Crippen LogP contribution in [0.2, 0.25) is 0 Å². The normalized spacial score (nSPS) is 22.4. The molecule has 2 amide bonds. The highest BCUT2D eigenvalue weighted by atomic mass is 19.1. The Morgan fingerprint density at radius 1 is 1.26 bits per heavy atom. The molecule has 5 rings (SSSR count). The number of hydrogen-bond acceptors (Lipinski definition) is 4. The van der Waals surface area contributed by atoms with Crippen molar-refractivity contribution in [1.29, 1.82) is 5.26 Å². The lowest BCUT2D eigenvalue weighted by molar-refractivity contribution is 0.209. The summed E-state index contributed by atoms with van der Waals surface area (Å²) in [6.07, 6.45) is 5.38. The molecule has 0 spiro atoms. The minimum absolute atomic E-state index is 0.308. The van der Waals surface area contributed by atoms with E-state index in [1.165, 1.54) is 12.1 Å². The van der Waals surface area contributed by atoms with E-state index in [0.29, 0.717) is 42.2 Å². The highest BCUT2D eigenvalue weighted by Crippen LogP contribution is 2.47. The van der Waals surface area contributed by atoms with Crippen molar-refractivity contribution in [2.24, 2.45) is 11.8 Å². The number of ether oxygens (including phenoxy) is 1. The summed E-state index contributed by atoms with van der Waals surface area (Å²) in [7, 11) is 1.58. The second-order valence-corrected chi connectivity index (χ2v) is 8.33. The first kappa shape index (κ1) is 19.4. The van der Waals surface area contributed by atoms with Crippen molar-refractivity contribution in [3.8, 4) is 23.1 Å². The number of aromatic nitrogens is 2. The topological polar surface area (TPSA) is 94.0 Å². The van der Waals surface area contributed by atoms with Crippen LogP contribution in [0.15, 0.2) is 36.5 Å². The molecule has 31 heavy (non-hydrogen) atoms. The second kappa shape index (κ2) is 7.58. The number of nitrogens with one attached hydrogen (secondary N) is 2. The van der Waals surface area contributed by atoms with Gasteiger partial charge >= 0.3 is 6.03 Å². The molecule has 2 N–H and O–H groups in total. The largest absolute Gasteiger partial charge is 0.496 e. The fourth-order valence-corrected chi connectivity index (χ4v) is 5.24.